The van der Waals surface area contributed by atoms with E-state index >= 15 is 0 Å². The SMILES string of the molecule is CN1C(=O)NC(=O)C12Cc1ccc(NC(=O)Cn3c(=O)n(C4CCN(C(=O)C5CC5)C4)c4ccccc43)cc1C2. The standard InChI is InChI=1S/C29H30N6O5/c1-32-27(39)31-26(38)29(32)13-18-8-9-20(12-19(18)14-29)30-24(36)16-34-22-4-2-3-5-23(22)35(28(34)40)21-10-11-33(15-21)25(37)17-6-7-17/h2-5,8-9,12,17,21H,6-7,10-11,13-16H2,1H3,(H,30,36)(H,31,38,39). The number of fused-ring (bicyclic) bond motifs is 2. The van der Waals surface area contributed by atoms with Crippen molar-refractivity contribution in [2.75, 3.05) is 25.5 Å². The highest BCUT2D eigenvalue weighted by Crippen LogP contribution is 2.38. The molecule has 7 rings (SSSR count). The lowest BCUT2D eigenvalue weighted by Crippen LogP contribution is -2.48. The lowest BCUT2D eigenvalue weighted by atomic mass is 9.95. The quantitative estimate of drug-likeness (QED) is 0.474. The molecule has 11 heteroatoms. The van der Waals surface area contributed by atoms with Crippen LogP contribution in [-0.2, 0) is 33.8 Å². The van der Waals surface area contributed by atoms with Gasteiger partial charge in [-0.1, -0.05) is 18.2 Å². The molecule has 4 aliphatic rings. The van der Waals surface area contributed by atoms with E-state index in [1.165, 1.54) is 9.47 Å². The number of carbonyl (C=O) groups excluding carboxylic acids is 4. The molecular formula is C29H30N6O5. The number of hydrogen-bond acceptors (Lipinski definition) is 5. The molecule has 0 bridgehead atoms. The van der Waals surface area contributed by atoms with Gasteiger partial charge in [0.15, 0.2) is 0 Å². The number of benzene rings is 2. The Morgan fingerprint density at radius 1 is 1.00 bits per heavy atom. The Morgan fingerprint density at radius 2 is 1.75 bits per heavy atom. The molecule has 2 unspecified atom stereocenters. The molecule has 2 saturated heterocycles. The van der Waals surface area contributed by atoms with Crippen LogP contribution in [0.15, 0.2) is 47.3 Å². The molecule has 5 amide bonds. The summed E-state index contributed by atoms with van der Waals surface area (Å²) in [4.78, 5) is 67.4. The molecular weight excluding hydrogens is 512 g/mol. The third-order valence-electron chi connectivity index (χ3n) is 8.98. The second kappa shape index (κ2) is 8.80. The molecule has 2 aliphatic carbocycles. The van der Waals surface area contributed by atoms with Gasteiger partial charge in [0.25, 0.3) is 5.91 Å². The number of hydrogen-bond donors (Lipinski definition) is 2. The molecule has 11 nitrogen and oxygen atoms in total. The topological polar surface area (TPSA) is 126 Å². The first-order chi connectivity index (χ1) is 19.2. The van der Waals surface area contributed by atoms with Crippen molar-refractivity contribution in [2.24, 2.45) is 5.92 Å². The molecule has 3 heterocycles. The summed E-state index contributed by atoms with van der Waals surface area (Å²) in [5.41, 5.74) is 2.64. The second-order valence-corrected chi connectivity index (χ2v) is 11.5. The number of likely N-dealkylation sites (tertiary alicyclic amines) is 1. The number of para-hydroxylation sites is 2. The molecule has 1 saturated carbocycles. The Bertz CT molecular complexity index is 1670. The molecule has 206 valence electrons. The van der Waals surface area contributed by atoms with Gasteiger partial charge in [-0.25, -0.2) is 9.59 Å². The van der Waals surface area contributed by atoms with Gasteiger partial charge < -0.3 is 15.1 Å². The van der Waals surface area contributed by atoms with Crippen molar-refractivity contribution in [3.63, 3.8) is 0 Å². The number of nitrogens with zero attached hydrogens (tertiary/aromatic N) is 4. The highest BCUT2D eigenvalue weighted by Gasteiger charge is 2.54. The monoisotopic (exact) mass is 542 g/mol. The van der Waals surface area contributed by atoms with Gasteiger partial charge in [-0.3, -0.25) is 28.8 Å². The molecule has 2 aliphatic heterocycles. The van der Waals surface area contributed by atoms with E-state index in [0.717, 1.165) is 29.5 Å². The number of imidazole rings is 1. The fourth-order valence-corrected chi connectivity index (χ4v) is 6.60. The Labute approximate surface area is 229 Å². The van der Waals surface area contributed by atoms with E-state index in [9.17, 15) is 24.0 Å². The van der Waals surface area contributed by atoms with Gasteiger partial charge in [0.1, 0.15) is 12.1 Å². The van der Waals surface area contributed by atoms with Crippen molar-refractivity contribution in [1.82, 2.24) is 24.3 Å². The highest BCUT2D eigenvalue weighted by molar-refractivity contribution is 6.07. The molecule has 2 N–H and O–H groups in total. The normalized spacial score (nSPS) is 23.8. The molecule has 1 spiro atoms. The number of urea groups is 1. The van der Waals surface area contributed by atoms with Gasteiger partial charge in [-0.15, -0.1) is 0 Å². The third-order valence-corrected chi connectivity index (χ3v) is 8.98. The van der Waals surface area contributed by atoms with Crippen LogP contribution in [0.5, 0.6) is 0 Å². The minimum Gasteiger partial charge on any atom is -0.340 e. The molecule has 2 aromatic carbocycles. The predicted molar refractivity (Wildman–Crippen MR) is 146 cm³/mol. The Balaban J connectivity index is 1.10. The Hall–Kier alpha value is -4.41. The van der Waals surface area contributed by atoms with Crippen LogP contribution in [0.1, 0.15) is 36.4 Å². The van der Waals surface area contributed by atoms with Crippen LogP contribution in [-0.4, -0.2) is 68.4 Å². The first-order valence-corrected chi connectivity index (χ1v) is 13.7. The number of aromatic nitrogens is 2. The molecule has 40 heavy (non-hydrogen) atoms. The summed E-state index contributed by atoms with van der Waals surface area (Å²) in [5, 5.41) is 5.29. The number of rotatable bonds is 5. The van der Waals surface area contributed by atoms with Crippen LogP contribution in [0.3, 0.4) is 0 Å². The molecule has 2 atom stereocenters. The summed E-state index contributed by atoms with van der Waals surface area (Å²) in [7, 11) is 1.62. The largest absolute Gasteiger partial charge is 0.340 e. The van der Waals surface area contributed by atoms with Gasteiger partial charge in [0.2, 0.25) is 11.8 Å². The van der Waals surface area contributed by atoms with Gasteiger partial charge in [-0.05, 0) is 54.7 Å². The zero-order chi connectivity index (χ0) is 27.8. The van der Waals surface area contributed by atoms with Crippen molar-refractivity contribution in [3.8, 4) is 0 Å². The van der Waals surface area contributed by atoms with Crippen LogP contribution in [0.2, 0.25) is 0 Å². The van der Waals surface area contributed by atoms with Crippen LogP contribution in [0.4, 0.5) is 10.5 Å². The fraction of sp³-hybridized carbons (Fsp3) is 0.414. The van der Waals surface area contributed by atoms with Gasteiger partial charge >= 0.3 is 11.7 Å². The Morgan fingerprint density at radius 3 is 2.48 bits per heavy atom. The zero-order valence-electron chi connectivity index (χ0n) is 22.2. The molecule has 0 radical (unpaired) electrons. The van der Waals surface area contributed by atoms with Crippen molar-refractivity contribution >= 4 is 40.5 Å². The first-order valence-electron chi connectivity index (χ1n) is 13.7. The maximum absolute atomic E-state index is 13.6. The molecule has 3 aromatic rings. The van der Waals surface area contributed by atoms with Gasteiger partial charge in [0, 0.05) is 44.6 Å². The lowest BCUT2D eigenvalue weighted by Gasteiger charge is -2.27. The van der Waals surface area contributed by atoms with Crippen molar-refractivity contribution in [1.29, 1.82) is 0 Å². The molecule has 1 aromatic heterocycles. The maximum Gasteiger partial charge on any atom is 0.329 e. The van der Waals surface area contributed by atoms with E-state index in [1.54, 1.807) is 17.7 Å². The maximum atomic E-state index is 13.6. The van der Waals surface area contributed by atoms with Crippen molar-refractivity contribution in [3.05, 3.63) is 64.1 Å². The second-order valence-electron chi connectivity index (χ2n) is 11.5. The average Bonchev–Trinajstić information content (AvgIpc) is 3.37. The minimum absolute atomic E-state index is 0.133. The summed E-state index contributed by atoms with van der Waals surface area (Å²) in [6.07, 6.45) is 3.39. The van der Waals surface area contributed by atoms with Crippen LogP contribution < -0.4 is 16.3 Å². The number of imide groups is 1. The van der Waals surface area contributed by atoms with E-state index in [0.29, 0.717) is 43.6 Å². The number of anilines is 1. The number of likely N-dealkylation sites (N-methyl/N-ethyl adjacent to an activating group) is 1. The predicted octanol–water partition coefficient (Wildman–Crippen LogP) is 1.64. The first kappa shape index (κ1) is 24.6. The summed E-state index contributed by atoms with van der Waals surface area (Å²) in [6, 6.07) is 12.4. The third kappa shape index (κ3) is 3.75. The smallest absolute Gasteiger partial charge is 0.329 e. The van der Waals surface area contributed by atoms with E-state index in [1.807, 2.05) is 41.3 Å². The van der Waals surface area contributed by atoms with Crippen molar-refractivity contribution < 1.29 is 19.2 Å². The summed E-state index contributed by atoms with van der Waals surface area (Å²) in [6.45, 7) is 0.979. The molecule has 3 fully saturated rings. The van der Waals surface area contributed by atoms with E-state index in [4.69, 9.17) is 0 Å². The fourth-order valence-electron chi connectivity index (χ4n) is 6.60. The average molecular weight is 543 g/mol. The summed E-state index contributed by atoms with van der Waals surface area (Å²) >= 11 is 0. The van der Waals surface area contributed by atoms with Crippen LogP contribution in [0, 0.1) is 5.92 Å². The number of nitrogens with one attached hydrogen (secondary N) is 2. The van der Waals surface area contributed by atoms with Gasteiger partial charge in [0.05, 0.1) is 17.1 Å². The van der Waals surface area contributed by atoms with E-state index < -0.39 is 11.6 Å². The highest BCUT2D eigenvalue weighted by atomic mass is 16.2. The van der Waals surface area contributed by atoms with Crippen LogP contribution >= 0.6 is 0 Å². The lowest BCUT2D eigenvalue weighted by molar-refractivity contribution is -0.131. The van der Waals surface area contributed by atoms with Crippen molar-refractivity contribution in [2.45, 2.75) is 50.2 Å². The Kier molecular flexibility index (Phi) is 5.42. The summed E-state index contributed by atoms with van der Waals surface area (Å²) in [5.74, 6) is -0.324. The number of carbonyl (C=O) groups is 4. The minimum atomic E-state index is -0.934. The van der Waals surface area contributed by atoms with Crippen LogP contribution in [0.25, 0.3) is 11.0 Å². The zero-order valence-corrected chi connectivity index (χ0v) is 22.2. The van der Waals surface area contributed by atoms with Gasteiger partial charge in [-0.2, -0.15) is 0 Å². The summed E-state index contributed by atoms with van der Waals surface area (Å²) < 4.78 is 3.23. The van der Waals surface area contributed by atoms with E-state index in [2.05, 4.69) is 10.6 Å². The number of amides is 5. The van der Waals surface area contributed by atoms with E-state index in [-0.39, 0.29) is 41.9 Å².